The maximum atomic E-state index is 2.49. The van der Waals surface area contributed by atoms with Crippen LogP contribution in [0.2, 0.25) is 0 Å². The average molecular weight is 835 g/mol. The highest BCUT2D eigenvalue weighted by atomic mass is 14.4. The van der Waals surface area contributed by atoms with Crippen LogP contribution in [-0.4, -0.2) is 0 Å². The predicted molar refractivity (Wildman–Crippen MR) is 281 cm³/mol. The SMILES string of the molecule is C1=CC(c2ccccc2-c2c3c(c(-c4ccccc4-c4ccccc4)c4cc5ccccc5cc24)-c2ccc4c5c(ccc-3c25)-c2c(-c3ccccc3)ccc(-c3ccccc3)c2-4)=CCC1. The summed E-state index contributed by atoms with van der Waals surface area (Å²) in [6.07, 6.45) is 9.24. The Labute approximate surface area is 385 Å². The minimum absolute atomic E-state index is 1.05. The van der Waals surface area contributed by atoms with Gasteiger partial charge in [-0.25, -0.2) is 0 Å². The molecule has 0 atom stereocenters. The lowest BCUT2D eigenvalue weighted by Gasteiger charge is -2.24. The zero-order chi connectivity index (χ0) is 43.3. The summed E-state index contributed by atoms with van der Waals surface area (Å²) in [7, 11) is 0. The van der Waals surface area contributed by atoms with Gasteiger partial charge >= 0.3 is 0 Å². The zero-order valence-corrected chi connectivity index (χ0v) is 36.4. The molecule has 14 rings (SSSR count). The molecule has 3 aliphatic carbocycles. The van der Waals surface area contributed by atoms with Gasteiger partial charge in [-0.05, 0) is 169 Å². The molecule has 66 heavy (non-hydrogen) atoms. The quantitative estimate of drug-likeness (QED) is 0.146. The molecule has 306 valence electrons. The van der Waals surface area contributed by atoms with E-state index in [1.54, 1.807) is 0 Å². The van der Waals surface area contributed by atoms with Crippen molar-refractivity contribution in [1.29, 1.82) is 0 Å². The van der Waals surface area contributed by atoms with Crippen LogP contribution in [0.5, 0.6) is 0 Å². The summed E-state index contributed by atoms with van der Waals surface area (Å²) in [5.41, 5.74) is 25.7. The van der Waals surface area contributed by atoms with Gasteiger partial charge in [0.1, 0.15) is 0 Å². The molecule has 0 radical (unpaired) electrons. The first kappa shape index (κ1) is 37.1. The molecule has 11 aromatic carbocycles. The van der Waals surface area contributed by atoms with Crippen molar-refractivity contribution in [2.75, 3.05) is 0 Å². The van der Waals surface area contributed by atoms with Crippen LogP contribution in [0.1, 0.15) is 18.4 Å². The standard InChI is InChI=1S/C66H42/c1-5-19-41(20-6-1)47-29-15-17-31-51(47)61-57-39-45-27-13-14-28-46(45)40-58(57)62(52-32-18-16-30-48(52)42-21-7-2-8-22-42)66-56-38-36-54-60-50(44-25-11-4-12-26-44)34-33-49(43-23-9-3-10-24-43)59(60)53-35-37-55(65(61)66)64(56)63(53)54/h1,3-7,9-40H,2,8H2. The van der Waals surface area contributed by atoms with Crippen molar-refractivity contribution in [1.82, 2.24) is 0 Å². The first-order valence-corrected chi connectivity index (χ1v) is 23.3. The first-order valence-electron chi connectivity index (χ1n) is 23.3. The summed E-state index contributed by atoms with van der Waals surface area (Å²) in [6, 6.07) is 79.7. The second kappa shape index (κ2) is 14.6. The van der Waals surface area contributed by atoms with Crippen molar-refractivity contribution < 1.29 is 0 Å². The molecule has 0 saturated heterocycles. The van der Waals surface area contributed by atoms with Crippen LogP contribution in [0.25, 0.3) is 138 Å². The fourth-order valence-corrected chi connectivity index (χ4v) is 11.8. The van der Waals surface area contributed by atoms with Crippen molar-refractivity contribution in [2.45, 2.75) is 12.8 Å². The van der Waals surface area contributed by atoms with Crippen LogP contribution in [0.4, 0.5) is 0 Å². The van der Waals surface area contributed by atoms with E-state index in [0.717, 1.165) is 12.8 Å². The van der Waals surface area contributed by atoms with Crippen LogP contribution >= 0.6 is 0 Å². The summed E-state index contributed by atoms with van der Waals surface area (Å²) < 4.78 is 0. The van der Waals surface area contributed by atoms with E-state index >= 15 is 0 Å². The van der Waals surface area contributed by atoms with Crippen molar-refractivity contribution in [3.63, 3.8) is 0 Å². The third kappa shape index (κ3) is 5.39. The summed E-state index contributed by atoms with van der Waals surface area (Å²) in [4.78, 5) is 0. The Morgan fingerprint density at radius 2 is 0.636 bits per heavy atom. The number of hydrogen-bond acceptors (Lipinski definition) is 0. The largest absolute Gasteiger partial charge is 0.0836 e. The smallest absolute Gasteiger partial charge is 0.000718 e. The normalized spacial score (nSPS) is 13.1. The van der Waals surface area contributed by atoms with Gasteiger partial charge < -0.3 is 0 Å². The Balaban J connectivity index is 1.17. The lowest BCUT2D eigenvalue weighted by Crippen LogP contribution is -1.98. The van der Waals surface area contributed by atoms with Gasteiger partial charge in [0.15, 0.2) is 0 Å². The minimum atomic E-state index is 1.05. The van der Waals surface area contributed by atoms with E-state index in [4.69, 9.17) is 0 Å². The fourth-order valence-electron chi connectivity index (χ4n) is 11.8. The molecule has 0 heterocycles. The summed E-state index contributed by atoms with van der Waals surface area (Å²) >= 11 is 0. The van der Waals surface area contributed by atoms with E-state index in [9.17, 15) is 0 Å². The maximum absolute atomic E-state index is 2.49. The van der Waals surface area contributed by atoms with E-state index in [2.05, 4.69) is 231 Å². The number of allylic oxidation sites excluding steroid dienone is 4. The van der Waals surface area contributed by atoms with Crippen LogP contribution in [0.15, 0.2) is 231 Å². The lowest BCUT2D eigenvalue weighted by molar-refractivity contribution is 1.04. The number of benzene rings is 11. The van der Waals surface area contributed by atoms with Gasteiger partial charge in [-0.15, -0.1) is 0 Å². The Morgan fingerprint density at radius 1 is 0.258 bits per heavy atom. The topological polar surface area (TPSA) is 0 Å². The molecule has 11 aromatic rings. The fraction of sp³-hybridized carbons (Fsp3) is 0.0303. The molecule has 0 N–H and O–H groups in total. The maximum Gasteiger partial charge on any atom is -0.000718 e. The molecule has 0 heteroatoms. The molecule has 0 amide bonds. The van der Waals surface area contributed by atoms with Crippen molar-refractivity contribution in [2.24, 2.45) is 0 Å². The van der Waals surface area contributed by atoms with E-state index in [-0.39, 0.29) is 0 Å². The first-order chi connectivity index (χ1) is 32.8. The molecule has 0 aliphatic heterocycles. The highest BCUT2D eigenvalue weighted by Gasteiger charge is 2.37. The van der Waals surface area contributed by atoms with E-state index in [0.29, 0.717) is 0 Å². The zero-order valence-electron chi connectivity index (χ0n) is 36.4. The molecule has 0 spiro atoms. The molecule has 0 fully saturated rings. The number of rotatable bonds is 6. The molecule has 0 unspecified atom stereocenters. The van der Waals surface area contributed by atoms with Crippen LogP contribution in [0, 0.1) is 0 Å². The van der Waals surface area contributed by atoms with Gasteiger partial charge in [0, 0.05) is 0 Å². The summed E-state index contributed by atoms with van der Waals surface area (Å²) in [6.45, 7) is 0. The van der Waals surface area contributed by atoms with E-state index < -0.39 is 0 Å². The molecule has 0 saturated carbocycles. The average Bonchev–Trinajstić information content (AvgIpc) is 3.91. The molecule has 0 nitrogen and oxygen atoms in total. The number of hydrogen-bond donors (Lipinski definition) is 0. The Morgan fingerprint density at radius 3 is 1.11 bits per heavy atom. The predicted octanol–water partition coefficient (Wildman–Crippen LogP) is 18.5. The van der Waals surface area contributed by atoms with Gasteiger partial charge in [-0.2, -0.15) is 0 Å². The van der Waals surface area contributed by atoms with E-state index in [1.807, 2.05) is 0 Å². The van der Waals surface area contributed by atoms with Gasteiger partial charge in [0.25, 0.3) is 0 Å². The van der Waals surface area contributed by atoms with Crippen LogP contribution in [0.3, 0.4) is 0 Å². The molecular formula is C66H42. The second-order valence-electron chi connectivity index (χ2n) is 18.1. The lowest BCUT2D eigenvalue weighted by atomic mass is 9.78. The third-order valence-corrected chi connectivity index (χ3v) is 14.6. The third-order valence-electron chi connectivity index (χ3n) is 14.6. The highest BCUT2D eigenvalue weighted by molar-refractivity contribution is 6.34. The van der Waals surface area contributed by atoms with Crippen molar-refractivity contribution in [3.05, 3.63) is 236 Å². The second-order valence-corrected chi connectivity index (χ2v) is 18.1. The van der Waals surface area contributed by atoms with E-state index in [1.165, 1.54) is 144 Å². The van der Waals surface area contributed by atoms with Crippen LogP contribution in [-0.2, 0) is 0 Å². The van der Waals surface area contributed by atoms with Gasteiger partial charge in [-0.1, -0.05) is 218 Å². The van der Waals surface area contributed by atoms with Crippen molar-refractivity contribution >= 4 is 37.9 Å². The van der Waals surface area contributed by atoms with Crippen molar-refractivity contribution in [3.8, 4) is 100 Å². The Bertz CT molecular complexity index is 3810. The molecule has 3 aliphatic rings. The van der Waals surface area contributed by atoms with Crippen LogP contribution < -0.4 is 0 Å². The Hall–Kier alpha value is -8.32. The monoisotopic (exact) mass is 834 g/mol. The van der Waals surface area contributed by atoms with Gasteiger partial charge in [0.05, 0.1) is 0 Å². The minimum Gasteiger partial charge on any atom is -0.0836 e. The van der Waals surface area contributed by atoms with Gasteiger partial charge in [-0.3, -0.25) is 0 Å². The Kier molecular flexibility index (Phi) is 8.21. The summed E-state index contributed by atoms with van der Waals surface area (Å²) in [5.74, 6) is 0. The summed E-state index contributed by atoms with van der Waals surface area (Å²) in [5, 5.41) is 7.74. The molecule has 0 bridgehead atoms. The number of fused-ring (bicyclic) bond motifs is 8. The molecule has 0 aromatic heterocycles. The highest BCUT2D eigenvalue weighted by Crippen LogP contribution is 2.64. The van der Waals surface area contributed by atoms with Gasteiger partial charge in [0.2, 0.25) is 0 Å². The molecular weight excluding hydrogens is 793 g/mol.